The van der Waals surface area contributed by atoms with Crippen molar-refractivity contribution in [2.75, 3.05) is 11.9 Å². The summed E-state index contributed by atoms with van der Waals surface area (Å²) in [5, 5.41) is 3.14. The van der Waals surface area contributed by atoms with Gasteiger partial charge in [0.2, 0.25) is 5.76 Å². The molecule has 0 saturated heterocycles. The minimum absolute atomic E-state index is 0.239. The second-order valence-electron chi connectivity index (χ2n) is 6.87. The van der Waals surface area contributed by atoms with Gasteiger partial charge < -0.3 is 14.5 Å². The van der Waals surface area contributed by atoms with Crippen LogP contribution in [0.25, 0.3) is 11.0 Å². The zero-order valence-corrected chi connectivity index (χ0v) is 16.2. The van der Waals surface area contributed by atoms with E-state index in [1.807, 2.05) is 39.8 Å². The second-order valence-corrected chi connectivity index (χ2v) is 6.87. The third kappa shape index (κ3) is 4.11. The molecule has 3 aromatic rings. The maximum atomic E-state index is 12.2. The van der Waals surface area contributed by atoms with E-state index >= 15 is 0 Å². The van der Waals surface area contributed by atoms with Crippen molar-refractivity contribution in [2.24, 2.45) is 0 Å². The van der Waals surface area contributed by atoms with Crippen LogP contribution >= 0.6 is 0 Å². The molecule has 0 aliphatic rings. The number of hydrogen-bond donors (Lipinski definition) is 1. The van der Waals surface area contributed by atoms with Crippen molar-refractivity contribution in [2.45, 2.75) is 27.7 Å². The number of hydrogen-bond acceptors (Lipinski definition) is 5. The highest BCUT2D eigenvalue weighted by atomic mass is 16.5. The van der Waals surface area contributed by atoms with Crippen LogP contribution in [0.4, 0.5) is 5.69 Å². The van der Waals surface area contributed by atoms with Gasteiger partial charge in [-0.15, -0.1) is 0 Å². The normalized spacial score (nSPS) is 10.7. The maximum Gasteiger partial charge on any atom is 0.374 e. The monoisotopic (exact) mass is 379 g/mol. The van der Waals surface area contributed by atoms with Gasteiger partial charge >= 0.3 is 5.97 Å². The van der Waals surface area contributed by atoms with E-state index in [1.54, 1.807) is 18.2 Å². The minimum atomic E-state index is -0.868. The summed E-state index contributed by atoms with van der Waals surface area (Å²) in [5.74, 6) is -1.58. The summed E-state index contributed by atoms with van der Waals surface area (Å²) in [6.45, 7) is 7.14. The first-order valence-corrected chi connectivity index (χ1v) is 8.84. The predicted molar refractivity (Wildman–Crippen MR) is 107 cm³/mol. The van der Waals surface area contributed by atoms with E-state index in [0.29, 0.717) is 16.7 Å². The molecular weight excluding hydrogens is 358 g/mol. The molecule has 144 valence electrons. The topological polar surface area (TPSA) is 85.6 Å². The lowest BCUT2D eigenvalue weighted by atomic mass is 10.1. The molecule has 0 radical (unpaired) electrons. The van der Waals surface area contributed by atoms with Gasteiger partial charge in [-0.2, -0.15) is 0 Å². The van der Waals surface area contributed by atoms with E-state index in [1.165, 1.54) is 0 Å². The molecule has 28 heavy (non-hydrogen) atoms. The van der Waals surface area contributed by atoms with Crippen molar-refractivity contribution in [3.8, 4) is 0 Å². The van der Waals surface area contributed by atoms with Crippen molar-refractivity contribution in [1.82, 2.24) is 0 Å². The molecule has 1 aromatic heterocycles. The molecule has 1 N–H and O–H groups in total. The number of ether oxygens (including phenoxy) is 1. The Hall–Kier alpha value is -3.41. The molecule has 0 fully saturated rings. The highest BCUT2D eigenvalue weighted by Gasteiger charge is 2.16. The summed E-state index contributed by atoms with van der Waals surface area (Å²) in [6.07, 6.45) is 0. The predicted octanol–water partition coefficient (Wildman–Crippen LogP) is 3.82. The van der Waals surface area contributed by atoms with Gasteiger partial charge in [0.15, 0.2) is 12.0 Å². The molecule has 0 aliphatic carbocycles. The molecule has 0 unspecified atom stereocenters. The van der Waals surface area contributed by atoms with Crippen LogP contribution < -0.4 is 10.7 Å². The lowest BCUT2D eigenvalue weighted by molar-refractivity contribution is -0.119. The quantitative estimate of drug-likeness (QED) is 0.697. The zero-order chi connectivity index (χ0) is 20.4. The molecule has 0 aliphatic heterocycles. The standard InChI is InChI=1S/C22H21NO5/c1-12-5-6-18-16(9-12)17(24)10-19(28-18)22(26)27-11-20(25)23-21-14(3)7-13(2)8-15(21)4/h5-10H,11H2,1-4H3,(H,23,25). The van der Waals surface area contributed by atoms with Gasteiger partial charge in [-0.1, -0.05) is 29.3 Å². The fraction of sp³-hybridized carbons (Fsp3) is 0.227. The van der Waals surface area contributed by atoms with E-state index in [4.69, 9.17) is 9.15 Å². The molecule has 6 heteroatoms. The van der Waals surface area contributed by atoms with E-state index in [0.717, 1.165) is 28.3 Å². The van der Waals surface area contributed by atoms with E-state index < -0.39 is 18.5 Å². The number of fused-ring (bicyclic) bond motifs is 1. The van der Waals surface area contributed by atoms with Crippen LogP contribution in [0.1, 0.15) is 32.8 Å². The van der Waals surface area contributed by atoms with Gasteiger partial charge in [0, 0.05) is 11.8 Å². The van der Waals surface area contributed by atoms with Gasteiger partial charge in [-0.05, 0) is 51.0 Å². The number of anilines is 1. The lowest BCUT2D eigenvalue weighted by Gasteiger charge is -2.13. The Bertz CT molecular complexity index is 1120. The summed E-state index contributed by atoms with van der Waals surface area (Å²) >= 11 is 0. The summed E-state index contributed by atoms with van der Waals surface area (Å²) < 4.78 is 10.5. The largest absolute Gasteiger partial charge is 0.450 e. The third-order valence-electron chi connectivity index (χ3n) is 4.36. The molecule has 1 amide bonds. The summed E-state index contributed by atoms with van der Waals surface area (Å²) in [5.41, 5.74) is 4.50. The number of carbonyl (C=O) groups excluding carboxylic acids is 2. The highest BCUT2D eigenvalue weighted by Crippen LogP contribution is 2.22. The number of benzene rings is 2. The molecular formula is C22H21NO5. The molecule has 0 spiro atoms. The third-order valence-corrected chi connectivity index (χ3v) is 4.36. The number of amides is 1. The average molecular weight is 379 g/mol. The van der Waals surface area contributed by atoms with E-state index in [-0.39, 0.29) is 11.2 Å². The number of aryl methyl sites for hydroxylation is 4. The van der Waals surface area contributed by atoms with Crippen LogP contribution in [0, 0.1) is 27.7 Å². The van der Waals surface area contributed by atoms with Crippen LogP contribution in [0.5, 0.6) is 0 Å². The van der Waals surface area contributed by atoms with Crippen molar-refractivity contribution in [3.63, 3.8) is 0 Å². The summed E-state index contributed by atoms with van der Waals surface area (Å²) in [7, 11) is 0. The van der Waals surface area contributed by atoms with Gasteiger partial charge in [0.05, 0.1) is 5.39 Å². The SMILES string of the molecule is Cc1cc(C)c(NC(=O)COC(=O)c2cc(=O)c3cc(C)ccc3o2)c(C)c1. The Morgan fingerprint density at radius 1 is 0.964 bits per heavy atom. The van der Waals surface area contributed by atoms with Crippen molar-refractivity contribution in [1.29, 1.82) is 0 Å². The van der Waals surface area contributed by atoms with Crippen LogP contribution in [-0.2, 0) is 9.53 Å². The van der Waals surface area contributed by atoms with Crippen molar-refractivity contribution >= 4 is 28.5 Å². The smallest absolute Gasteiger partial charge is 0.374 e. The first kappa shape index (κ1) is 19.4. The van der Waals surface area contributed by atoms with Crippen molar-refractivity contribution in [3.05, 3.63) is 74.6 Å². The van der Waals surface area contributed by atoms with E-state index in [9.17, 15) is 14.4 Å². The number of esters is 1. The Balaban J connectivity index is 1.70. The van der Waals surface area contributed by atoms with E-state index in [2.05, 4.69) is 5.32 Å². The maximum absolute atomic E-state index is 12.2. The van der Waals surface area contributed by atoms with Gasteiger partial charge in [-0.25, -0.2) is 4.79 Å². The highest BCUT2D eigenvalue weighted by molar-refractivity contribution is 5.96. The number of nitrogens with one attached hydrogen (secondary N) is 1. The molecule has 0 bridgehead atoms. The molecule has 1 heterocycles. The average Bonchev–Trinajstić information content (AvgIpc) is 2.63. The summed E-state index contributed by atoms with van der Waals surface area (Å²) in [6, 6.07) is 10.1. The molecule has 0 saturated carbocycles. The molecule has 2 aromatic carbocycles. The number of carbonyl (C=O) groups is 2. The van der Waals surface area contributed by atoms with Crippen LogP contribution in [-0.4, -0.2) is 18.5 Å². The summed E-state index contributed by atoms with van der Waals surface area (Å²) in [4.78, 5) is 36.6. The van der Waals surface area contributed by atoms with Crippen molar-refractivity contribution < 1.29 is 18.7 Å². The molecule has 3 rings (SSSR count). The Kier molecular flexibility index (Phi) is 5.31. The van der Waals surface area contributed by atoms with Gasteiger partial charge in [-0.3, -0.25) is 9.59 Å². The van der Waals surface area contributed by atoms with Crippen LogP contribution in [0.2, 0.25) is 0 Å². The van der Waals surface area contributed by atoms with Crippen LogP contribution in [0.15, 0.2) is 45.6 Å². The van der Waals surface area contributed by atoms with Gasteiger partial charge in [0.25, 0.3) is 5.91 Å². The Labute approximate surface area is 162 Å². The fourth-order valence-corrected chi connectivity index (χ4v) is 3.13. The first-order chi connectivity index (χ1) is 13.2. The van der Waals surface area contributed by atoms with Gasteiger partial charge in [0.1, 0.15) is 5.58 Å². The van der Waals surface area contributed by atoms with Crippen LogP contribution in [0.3, 0.4) is 0 Å². The lowest BCUT2D eigenvalue weighted by Crippen LogP contribution is -2.22. The fourth-order valence-electron chi connectivity index (χ4n) is 3.13. The first-order valence-electron chi connectivity index (χ1n) is 8.84. The zero-order valence-electron chi connectivity index (χ0n) is 16.2. The second kappa shape index (κ2) is 7.68. The number of rotatable bonds is 4. The molecule has 6 nitrogen and oxygen atoms in total. The Morgan fingerprint density at radius 2 is 1.64 bits per heavy atom. The Morgan fingerprint density at radius 3 is 2.32 bits per heavy atom. The molecule has 0 atom stereocenters. The minimum Gasteiger partial charge on any atom is -0.450 e.